The molecule has 2 aromatic rings. The molecular formula is C12H11FN4. The average Bonchev–Trinajstić information content (AvgIpc) is 2.77. The van der Waals surface area contributed by atoms with Crippen LogP contribution in [0.2, 0.25) is 0 Å². The summed E-state index contributed by atoms with van der Waals surface area (Å²) in [6, 6.07) is 6.08. The Kier molecular flexibility index (Phi) is 2.90. The summed E-state index contributed by atoms with van der Waals surface area (Å²) >= 11 is 0. The van der Waals surface area contributed by atoms with Gasteiger partial charge in [0.15, 0.2) is 0 Å². The first kappa shape index (κ1) is 11.3. The van der Waals surface area contributed by atoms with Crippen molar-refractivity contribution >= 4 is 0 Å². The average molecular weight is 230 g/mol. The van der Waals surface area contributed by atoms with Crippen molar-refractivity contribution in [2.75, 3.05) is 0 Å². The normalized spacial score (nSPS) is 12.1. The van der Waals surface area contributed by atoms with Crippen molar-refractivity contribution in [3.8, 4) is 11.8 Å². The second-order valence-corrected chi connectivity index (χ2v) is 3.72. The highest BCUT2D eigenvalue weighted by molar-refractivity contribution is 5.50. The van der Waals surface area contributed by atoms with E-state index in [1.807, 2.05) is 6.07 Å². The Morgan fingerprint density at radius 2 is 2.29 bits per heavy atom. The maximum Gasteiger partial charge on any atom is 0.143 e. The predicted molar refractivity (Wildman–Crippen MR) is 60.8 cm³/mol. The smallest absolute Gasteiger partial charge is 0.143 e. The van der Waals surface area contributed by atoms with Gasteiger partial charge in [0.2, 0.25) is 0 Å². The molecule has 0 aliphatic rings. The molecule has 86 valence electrons. The van der Waals surface area contributed by atoms with Crippen LogP contribution in [0.4, 0.5) is 4.39 Å². The molecule has 1 aromatic heterocycles. The second-order valence-electron chi connectivity index (χ2n) is 3.72. The molecule has 0 bridgehead atoms. The highest BCUT2D eigenvalue weighted by atomic mass is 19.1. The van der Waals surface area contributed by atoms with E-state index in [-0.39, 0.29) is 11.6 Å². The van der Waals surface area contributed by atoms with Crippen molar-refractivity contribution in [3.63, 3.8) is 0 Å². The molecule has 0 spiro atoms. The lowest BCUT2D eigenvalue weighted by atomic mass is 10.1. The number of hydrogen-bond donors (Lipinski definition) is 1. The molecule has 1 atom stereocenters. The van der Waals surface area contributed by atoms with Crippen molar-refractivity contribution in [1.29, 1.82) is 5.26 Å². The van der Waals surface area contributed by atoms with Gasteiger partial charge in [-0.1, -0.05) is 6.07 Å². The molecule has 1 heterocycles. The lowest BCUT2D eigenvalue weighted by Gasteiger charge is -2.12. The highest BCUT2D eigenvalue weighted by Gasteiger charge is 2.14. The van der Waals surface area contributed by atoms with E-state index in [1.54, 1.807) is 29.8 Å². The minimum Gasteiger partial charge on any atom is -0.323 e. The number of nitriles is 1. The minimum absolute atomic E-state index is 0.00704. The van der Waals surface area contributed by atoms with Crippen molar-refractivity contribution in [3.05, 3.63) is 47.8 Å². The number of rotatable bonds is 2. The molecule has 1 aromatic carbocycles. The molecule has 0 aliphatic carbocycles. The molecule has 0 radical (unpaired) electrons. The quantitative estimate of drug-likeness (QED) is 0.856. The Hall–Kier alpha value is -2.19. The highest BCUT2D eigenvalue weighted by Crippen LogP contribution is 2.21. The Morgan fingerprint density at radius 1 is 1.53 bits per heavy atom. The Balaban J connectivity index is 2.66. The topological polar surface area (TPSA) is 67.6 Å². The first-order chi connectivity index (χ1) is 8.15. The van der Waals surface area contributed by atoms with Crippen LogP contribution < -0.4 is 5.73 Å². The molecule has 0 saturated heterocycles. The molecule has 4 nitrogen and oxygen atoms in total. The van der Waals surface area contributed by atoms with E-state index >= 15 is 0 Å². The van der Waals surface area contributed by atoms with Gasteiger partial charge in [-0.3, -0.25) is 0 Å². The first-order valence-electron chi connectivity index (χ1n) is 5.12. The van der Waals surface area contributed by atoms with Gasteiger partial charge in [-0.2, -0.15) is 5.26 Å². The fraction of sp³-hybridized carbons (Fsp3) is 0.167. The van der Waals surface area contributed by atoms with E-state index in [4.69, 9.17) is 11.0 Å². The van der Waals surface area contributed by atoms with Crippen LogP contribution in [0.25, 0.3) is 5.69 Å². The molecule has 1 unspecified atom stereocenters. The fourth-order valence-corrected chi connectivity index (χ4v) is 1.67. The molecule has 2 N–H and O–H groups in total. The van der Waals surface area contributed by atoms with E-state index in [0.29, 0.717) is 5.69 Å². The van der Waals surface area contributed by atoms with Crippen molar-refractivity contribution in [2.45, 2.75) is 13.0 Å². The number of halogens is 1. The summed E-state index contributed by atoms with van der Waals surface area (Å²) in [5.41, 5.74) is 6.97. The molecule has 0 aliphatic heterocycles. The molecule has 0 fully saturated rings. The zero-order valence-electron chi connectivity index (χ0n) is 9.26. The molecule has 0 saturated carbocycles. The zero-order valence-corrected chi connectivity index (χ0v) is 9.26. The van der Waals surface area contributed by atoms with E-state index in [1.165, 1.54) is 12.4 Å². The summed E-state index contributed by atoms with van der Waals surface area (Å²) in [6.45, 7) is 1.80. The van der Waals surface area contributed by atoms with E-state index in [9.17, 15) is 4.39 Å². The van der Waals surface area contributed by atoms with Gasteiger partial charge in [-0.25, -0.2) is 9.37 Å². The first-order valence-corrected chi connectivity index (χ1v) is 5.12. The summed E-state index contributed by atoms with van der Waals surface area (Å²) in [5, 5.41) is 8.97. The van der Waals surface area contributed by atoms with Crippen molar-refractivity contribution in [2.24, 2.45) is 5.73 Å². The Bertz CT molecular complexity index is 580. The van der Waals surface area contributed by atoms with Crippen molar-refractivity contribution < 1.29 is 4.39 Å². The third-order valence-electron chi connectivity index (χ3n) is 2.50. The maximum atomic E-state index is 13.5. The zero-order chi connectivity index (χ0) is 12.4. The van der Waals surface area contributed by atoms with Crippen LogP contribution in [0.1, 0.15) is 24.2 Å². The minimum atomic E-state index is -0.547. The largest absolute Gasteiger partial charge is 0.323 e. The van der Waals surface area contributed by atoms with Crippen LogP contribution in [-0.2, 0) is 0 Å². The van der Waals surface area contributed by atoms with Crippen LogP contribution in [0.15, 0.2) is 30.7 Å². The standard InChI is InChI=1S/C12H11FN4/c1-8(15)12-6-16-7-17(12)11-4-2-3-10(13)9(11)5-14/h2-4,6-8H,15H2,1H3. The van der Waals surface area contributed by atoms with E-state index in [0.717, 1.165) is 5.69 Å². The van der Waals surface area contributed by atoms with Gasteiger partial charge in [-0.05, 0) is 19.1 Å². The fourth-order valence-electron chi connectivity index (χ4n) is 1.67. The van der Waals surface area contributed by atoms with Gasteiger partial charge in [0.05, 0.1) is 23.9 Å². The SMILES string of the molecule is CC(N)c1cncn1-c1cccc(F)c1C#N. The molecule has 5 heteroatoms. The van der Waals surface area contributed by atoms with Crippen LogP contribution in [0.3, 0.4) is 0 Å². The third-order valence-corrected chi connectivity index (χ3v) is 2.50. The maximum absolute atomic E-state index is 13.5. The molecule has 17 heavy (non-hydrogen) atoms. The number of benzene rings is 1. The summed E-state index contributed by atoms with van der Waals surface area (Å²) < 4.78 is 15.1. The van der Waals surface area contributed by atoms with Crippen LogP contribution in [-0.4, -0.2) is 9.55 Å². The lowest BCUT2D eigenvalue weighted by Crippen LogP contribution is -2.11. The summed E-state index contributed by atoms with van der Waals surface area (Å²) in [4.78, 5) is 3.98. The Morgan fingerprint density at radius 3 is 2.94 bits per heavy atom. The van der Waals surface area contributed by atoms with Crippen LogP contribution >= 0.6 is 0 Å². The van der Waals surface area contributed by atoms with E-state index in [2.05, 4.69) is 4.98 Å². The van der Waals surface area contributed by atoms with Crippen molar-refractivity contribution in [1.82, 2.24) is 9.55 Å². The second kappa shape index (κ2) is 4.36. The van der Waals surface area contributed by atoms with Crippen LogP contribution in [0, 0.1) is 17.1 Å². The molecular weight excluding hydrogens is 219 g/mol. The summed E-state index contributed by atoms with van der Waals surface area (Å²) in [7, 11) is 0. The number of nitrogens with zero attached hydrogens (tertiary/aromatic N) is 3. The number of hydrogen-bond acceptors (Lipinski definition) is 3. The van der Waals surface area contributed by atoms with Gasteiger partial charge in [0.25, 0.3) is 0 Å². The molecule has 0 amide bonds. The summed E-state index contributed by atoms with van der Waals surface area (Å²) in [6.07, 6.45) is 3.13. The van der Waals surface area contributed by atoms with Crippen LogP contribution in [0.5, 0.6) is 0 Å². The number of aromatic nitrogens is 2. The third kappa shape index (κ3) is 1.90. The van der Waals surface area contributed by atoms with E-state index < -0.39 is 5.82 Å². The predicted octanol–water partition coefficient (Wildman–Crippen LogP) is 1.90. The monoisotopic (exact) mass is 230 g/mol. The number of imidazole rings is 1. The van der Waals surface area contributed by atoms with Gasteiger partial charge < -0.3 is 10.3 Å². The summed E-state index contributed by atoms with van der Waals surface area (Å²) in [5.74, 6) is -0.547. The van der Waals surface area contributed by atoms with Gasteiger partial charge in [0, 0.05) is 6.04 Å². The lowest BCUT2D eigenvalue weighted by molar-refractivity contribution is 0.621. The van der Waals surface area contributed by atoms with Gasteiger partial charge >= 0.3 is 0 Å². The Labute approximate surface area is 98.1 Å². The van der Waals surface area contributed by atoms with Gasteiger partial charge in [0.1, 0.15) is 17.4 Å². The molecule has 2 rings (SSSR count). The number of nitrogens with two attached hydrogens (primary N) is 1. The van der Waals surface area contributed by atoms with Gasteiger partial charge in [-0.15, -0.1) is 0 Å².